The molecule has 0 unspecified atom stereocenters. The molecule has 0 fully saturated rings. The molecule has 2 aromatic carbocycles. The summed E-state index contributed by atoms with van der Waals surface area (Å²) >= 11 is 0. The lowest BCUT2D eigenvalue weighted by Crippen LogP contribution is -2.29. The van der Waals surface area contributed by atoms with Gasteiger partial charge >= 0.3 is 0 Å². The van der Waals surface area contributed by atoms with Crippen LogP contribution in [0.4, 0.5) is 0 Å². The summed E-state index contributed by atoms with van der Waals surface area (Å²) in [5.41, 5.74) is 1.78. The lowest BCUT2D eigenvalue weighted by Gasteiger charge is -2.31. The Kier molecular flexibility index (Phi) is 3.80. The van der Waals surface area contributed by atoms with E-state index in [1.165, 1.54) is 0 Å². The lowest BCUT2D eigenvalue weighted by molar-refractivity contribution is -0.0554. The first kappa shape index (κ1) is 12.8. The van der Waals surface area contributed by atoms with Gasteiger partial charge in [0.2, 0.25) is 0 Å². The van der Waals surface area contributed by atoms with Gasteiger partial charge in [-0.2, -0.15) is 0 Å². The third-order valence-corrected chi connectivity index (χ3v) is 3.41. The molecule has 2 aromatic rings. The van der Waals surface area contributed by atoms with Crippen molar-refractivity contribution in [2.75, 3.05) is 0 Å². The van der Waals surface area contributed by atoms with Crippen LogP contribution in [0.3, 0.4) is 0 Å². The minimum Gasteiger partial charge on any atom is -0.368 e. The van der Waals surface area contributed by atoms with Crippen molar-refractivity contribution in [3.63, 3.8) is 0 Å². The molecule has 0 saturated carbocycles. The van der Waals surface area contributed by atoms with Gasteiger partial charge in [0.05, 0.1) is 0 Å². The molecule has 0 aliphatic carbocycles. The quantitative estimate of drug-likeness (QED) is 0.809. The summed E-state index contributed by atoms with van der Waals surface area (Å²) in [7, 11) is 0. The second-order valence-electron chi connectivity index (χ2n) is 4.75. The lowest BCUT2D eigenvalue weighted by atomic mass is 9.73. The zero-order valence-electron chi connectivity index (χ0n) is 10.5. The third kappa shape index (κ3) is 2.61. The van der Waals surface area contributed by atoms with Gasteiger partial charge in [0.15, 0.2) is 6.29 Å². The van der Waals surface area contributed by atoms with Crippen LogP contribution < -0.4 is 0 Å². The van der Waals surface area contributed by atoms with E-state index in [0.717, 1.165) is 11.1 Å². The van der Waals surface area contributed by atoms with E-state index in [1.54, 1.807) is 0 Å². The van der Waals surface area contributed by atoms with Crippen LogP contribution in [0.2, 0.25) is 0 Å². The Hall–Kier alpha value is -1.64. The summed E-state index contributed by atoms with van der Waals surface area (Å²) in [6.45, 7) is 2.04. The van der Waals surface area contributed by atoms with E-state index < -0.39 is 11.7 Å². The monoisotopic (exact) mass is 242 g/mol. The molecule has 0 spiro atoms. The second-order valence-corrected chi connectivity index (χ2v) is 4.75. The molecule has 2 heteroatoms. The Labute approximate surface area is 108 Å². The first-order valence-electron chi connectivity index (χ1n) is 6.10. The van der Waals surface area contributed by atoms with Crippen molar-refractivity contribution >= 4 is 0 Å². The molecule has 2 N–H and O–H groups in total. The highest BCUT2D eigenvalue weighted by atomic mass is 16.5. The minimum atomic E-state index is -1.32. The summed E-state index contributed by atoms with van der Waals surface area (Å²) in [6, 6.07) is 19.9. The van der Waals surface area contributed by atoms with Gasteiger partial charge in [-0.05, 0) is 11.1 Å². The molecule has 94 valence electrons. The molecule has 0 aliphatic rings. The van der Waals surface area contributed by atoms with Gasteiger partial charge in [0.25, 0.3) is 0 Å². The van der Waals surface area contributed by atoms with Crippen molar-refractivity contribution in [3.05, 3.63) is 71.8 Å². The molecule has 0 aromatic heterocycles. The van der Waals surface area contributed by atoms with Crippen LogP contribution in [0.25, 0.3) is 0 Å². The Balaban J connectivity index is 2.48. The van der Waals surface area contributed by atoms with E-state index in [2.05, 4.69) is 0 Å². The number of aliphatic hydroxyl groups is 2. The maximum Gasteiger partial charge on any atom is 0.152 e. The predicted molar refractivity (Wildman–Crippen MR) is 72.2 cm³/mol. The van der Waals surface area contributed by atoms with E-state index >= 15 is 0 Å². The van der Waals surface area contributed by atoms with E-state index in [4.69, 9.17) is 0 Å². The zero-order valence-corrected chi connectivity index (χ0v) is 10.5. The van der Waals surface area contributed by atoms with Crippen molar-refractivity contribution in [1.29, 1.82) is 0 Å². The van der Waals surface area contributed by atoms with Crippen LogP contribution >= 0.6 is 0 Å². The molecule has 0 bridgehead atoms. The Morgan fingerprint density at radius 1 is 0.833 bits per heavy atom. The van der Waals surface area contributed by atoms with E-state index in [-0.39, 0.29) is 6.42 Å². The van der Waals surface area contributed by atoms with E-state index in [0.29, 0.717) is 0 Å². The molecular formula is C16H18O2. The van der Waals surface area contributed by atoms with Gasteiger partial charge in [-0.25, -0.2) is 0 Å². The van der Waals surface area contributed by atoms with Crippen LogP contribution in [0.1, 0.15) is 24.5 Å². The molecule has 0 radical (unpaired) electrons. The Morgan fingerprint density at radius 3 is 1.56 bits per heavy atom. The molecular weight excluding hydrogens is 224 g/mol. The minimum absolute atomic E-state index is 0.279. The zero-order chi connectivity index (χ0) is 13.0. The highest BCUT2D eigenvalue weighted by molar-refractivity contribution is 5.38. The molecule has 0 aliphatic heterocycles. The van der Waals surface area contributed by atoms with Gasteiger partial charge in [0, 0.05) is 11.8 Å². The van der Waals surface area contributed by atoms with Crippen LogP contribution in [-0.4, -0.2) is 16.5 Å². The van der Waals surface area contributed by atoms with Gasteiger partial charge in [0.1, 0.15) is 0 Å². The number of hydrogen-bond acceptors (Lipinski definition) is 2. The highest BCUT2D eigenvalue weighted by Crippen LogP contribution is 2.35. The van der Waals surface area contributed by atoms with Crippen LogP contribution in [0, 0.1) is 0 Å². The first-order valence-corrected chi connectivity index (χ1v) is 6.10. The fraction of sp³-hybridized carbons (Fsp3) is 0.250. The van der Waals surface area contributed by atoms with Crippen molar-refractivity contribution < 1.29 is 10.2 Å². The van der Waals surface area contributed by atoms with Crippen molar-refractivity contribution in [2.24, 2.45) is 0 Å². The molecule has 2 nitrogen and oxygen atoms in total. The van der Waals surface area contributed by atoms with E-state index in [1.807, 2.05) is 67.6 Å². The highest BCUT2D eigenvalue weighted by Gasteiger charge is 2.30. The normalized spacial score (nSPS) is 11.8. The predicted octanol–water partition coefficient (Wildman–Crippen LogP) is 2.69. The molecule has 0 saturated heterocycles. The second kappa shape index (κ2) is 5.34. The van der Waals surface area contributed by atoms with Crippen molar-refractivity contribution in [1.82, 2.24) is 0 Å². The fourth-order valence-corrected chi connectivity index (χ4v) is 2.38. The number of hydrogen-bond donors (Lipinski definition) is 2. The van der Waals surface area contributed by atoms with Crippen LogP contribution in [-0.2, 0) is 5.41 Å². The van der Waals surface area contributed by atoms with Gasteiger partial charge in [-0.1, -0.05) is 67.6 Å². The Bertz CT molecular complexity index is 437. The van der Waals surface area contributed by atoms with Crippen molar-refractivity contribution in [2.45, 2.75) is 25.0 Å². The topological polar surface area (TPSA) is 40.5 Å². The van der Waals surface area contributed by atoms with E-state index in [9.17, 15) is 10.2 Å². The number of benzene rings is 2. The SMILES string of the molecule is CC(CC(O)O)(c1ccccc1)c1ccccc1. The molecule has 0 atom stereocenters. The largest absolute Gasteiger partial charge is 0.368 e. The molecule has 18 heavy (non-hydrogen) atoms. The molecule has 0 heterocycles. The summed E-state index contributed by atoms with van der Waals surface area (Å²) in [4.78, 5) is 0. The number of rotatable bonds is 4. The van der Waals surface area contributed by atoms with Gasteiger partial charge in [-0.3, -0.25) is 0 Å². The first-order chi connectivity index (χ1) is 8.63. The third-order valence-electron chi connectivity index (χ3n) is 3.41. The molecule has 0 amide bonds. The standard InChI is InChI=1S/C16H18O2/c1-16(12-15(17)18,13-8-4-2-5-9-13)14-10-6-3-7-11-14/h2-11,15,17-18H,12H2,1H3. The van der Waals surface area contributed by atoms with Crippen molar-refractivity contribution in [3.8, 4) is 0 Å². The maximum absolute atomic E-state index is 9.37. The Morgan fingerprint density at radius 2 is 1.22 bits per heavy atom. The summed E-state index contributed by atoms with van der Waals surface area (Å²) < 4.78 is 0. The number of aliphatic hydroxyl groups excluding tert-OH is 1. The summed E-state index contributed by atoms with van der Waals surface area (Å²) in [5.74, 6) is 0. The van der Waals surface area contributed by atoms with Crippen LogP contribution in [0.15, 0.2) is 60.7 Å². The molecule has 2 rings (SSSR count). The van der Waals surface area contributed by atoms with Crippen LogP contribution in [0.5, 0.6) is 0 Å². The average Bonchev–Trinajstić information content (AvgIpc) is 2.40. The fourth-order valence-electron chi connectivity index (χ4n) is 2.38. The van der Waals surface area contributed by atoms with Gasteiger partial charge < -0.3 is 10.2 Å². The summed E-state index contributed by atoms with van der Waals surface area (Å²) in [5, 5.41) is 18.7. The average molecular weight is 242 g/mol. The van der Waals surface area contributed by atoms with Gasteiger partial charge in [-0.15, -0.1) is 0 Å². The smallest absolute Gasteiger partial charge is 0.152 e. The maximum atomic E-state index is 9.37. The summed E-state index contributed by atoms with van der Waals surface area (Å²) in [6.07, 6.45) is -1.04.